The number of benzene rings is 1. The van der Waals surface area contributed by atoms with Gasteiger partial charge in [0.2, 0.25) is 5.91 Å². The second kappa shape index (κ2) is 8.63. The minimum Gasteiger partial charge on any atom is -0.346 e. The first-order valence-corrected chi connectivity index (χ1v) is 10.7. The lowest BCUT2D eigenvalue weighted by Gasteiger charge is -2.37. The molecule has 1 aromatic rings. The van der Waals surface area contributed by atoms with Gasteiger partial charge in [0.05, 0.1) is 23.7 Å². The molecule has 29 heavy (non-hydrogen) atoms. The number of fused-ring (bicyclic) bond motifs is 1. The van der Waals surface area contributed by atoms with Crippen LogP contribution >= 0.6 is 23.4 Å². The van der Waals surface area contributed by atoms with Crippen LogP contribution in [0, 0.1) is 0 Å². The van der Waals surface area contributed by atoms with Gasteiger partial charge in [-0.25, -0.2) is 4.99 Å². The molecule has 8 heteroatoms. The third-order valence-electron chi connectivity index (χ3n) is 5.06. The minimum atomic E-state index is -0.365. The van der Waals surface area contributed by atoms with Crippen LogP contribution in [-0.4, -0.2) is 59.4 Å². The van der Waals surface area contributed by atoms with E-state index in [1.807, 2.05) is 48.4 Å². The first kappa shape index (κ1) is 21.5. The first-order valence-electron chi connectivity index (χ1n) is 9.40. The Balaban J connectivity index is 2.07. The van der Waals surface area contributed by atoms with Gasteiger partial charge >= 0.3 is 0 Å². The summed E-state index contributed by atoms with van der Waals surface area (Å²) in [5.41, 5.74) is 3.06. The minimum absolute atomic E-state index is 0.0298. The normalized spacial score (nSPS) is 18.3. The highest BCUT2D eigenvalue weighted by molar-refractivity contribution is 8.16. The fraction of sp³-hybridized carbons (Fsp3) is 0.381. The van der Waals surface area contributed by atoms with Crippen molar-refractivity contribution in [2.24, 2.45) is 4.99 Å². The van der Waals surface area contributed by atoms with Gasteiger partial charge in [-0.15, -0.1) is 0 Å². The molecule has 154 valence electrons. The maximum Gasteiger partial charge on any atom is 0.253 e. The first-order chi connectivity index (χ1) is 13.7. The molecule has 0 fully saturated rings. The quantitative estimate of drug-likeness (QED) is 0.708. The van der Waals surface area contributed by atoms with Crippen molar-refractivity contribution in [3.8, 4) is 0 Å². The molecule has 0 saturated carbocycles. The monoisotopic (exact) mass is 432 g/mol. The van der Waals surface area contributed by atoms with Gasteiger partial charge in [0.1, 0.15) is 0 Å². The number of hydrogen-bond donors (Lipinski definition) is 0. The van der Waals surface area contributed by atoms with Crippen molar-refractivity contribution < 1.29 is 9.59 Å². The molecule has 0 aromatic heterocycles. The summed E-state index contributed by atoms with van der Waals surface area (Å²) in [4.78, 5) is 35.6. The highest BCUT2D eigenvalue weighted by Gasteiger charge is 2.41. The predicted octanol–water partition coefficient (Wildman–Crippen LogP) is 3.87. The van der Waals surface area contributed by atoms with E-state index in [1.165, 1.54) is 11.8 Å². The van der Waals surface area contributed by atoms with Crippen molar-refractivity contribution in [1.29, 1.82) is 0 Å². The molecule has 0 spiro atoms. The van der Waals surface area contributed by atoms with E-state index in [0.717, 1.165) is 16.4 Å². The molecule has 0 aliphatic carbocycles. The third kappa shape index (κ3) is 4.21. The van der Waals surface area contributed by atoms with Crippen LogP contribution in [0.2, 0.25) is 5.02 Å². The molecule has 0 N–H and O–H groups in total. The zero-order valence-electron chi connectivity index (χ0n) is 17.3. The molecular weight excluding hydrogens is 408 g/mol. The van der Waals surface area contributed by atoms with Gasteiger partial charge in [-0.05, 0) is 37.0 Å². The van der Waals surface area contributed by atoms with Gasteiger partial charge in [-0.3, -0.25) is 9.59 Å². The van der Waals surface area contributed by atoms with E-state index >= 15 is 0 Å². The summed E-state index contributed by atoms with van der Waals surface area (Å²) in [5, 5.41) is 3.37. The number of halogens is 1. The van der Waals surface area contributed by atoms with Crippen LogP contribution in [0.15, 0.2) is 51.6 Å². The Morgan fingerprint density at radius 2 is 1.86 bits per heavy atom. The van der Waals surface area contributed by atoms with Gasteiger partial charge < -0.3 is 14.7 Å². The Morgan fingerprint density at radius 1 is 1.21 bits per heavy atom. The van der Waals surface area contributed by atoms with E-state index in [2.05, 4.69) is 4.99 Å². The standard InChI is InChI=1S/C21H25ClN4O2S/c1-6-25(5)17(27)11-16-12-29-21-23-13(2)18(20(28)24(3)4)19(26(16)21)14-7-9-15(22)10-8-14/h7-10,12,19H,6,11H2,1-5H3. The third-order valence-corrected chi connectivity index (χ3v) is 6.20. The van der Waals surface area contributed by atoms with Crippen molar-refractivity contribution in [1.82, 2.24) is 14.7 Å². The molecule has 2 aliphatic heterocycles. The molecule has 1 atom stereocenters. The molecule has 1 aromatic carbocycles. The second-order valence-electron chi connectivity index (χ2n) is 7.23. The number of amidine groups is 1. The number of rotatable bonds is 5. The van der Waals surface area contributed by atoms with E-state index in [0.29, 0.717) is 22.8 Å². The van der Waals surface area contributed by atoms with Crippen molar-refractivity contribution >= 4 is 40.3 Å². The zero-order chi connectivity index (χ0) is 21.3. The van der Waals surface area contributed by atoms with Gasteiger partial charge in [0, 0.05) is 38.4 Å². The average Bonchev–Trinajstić information content (AvgIpc) is 3.08. The molecule has 3 rings (SSSR count). The van der Waals surface area contributed by atoms with Crippen molar-refractivity contribution in [2.45, 2.75) is 26.3 Å². The summed E-state index contributed by atoms with van der Waals surface area (Å²) in [6.45, 7) is 4.45. The molecule has 2 aliphatic rings. The lowest BCUT2D eigenvalue weighted by molar-refractivity contribution is -0.129. The number of amides is 2. The van der Waals surface area contributed by atoms with Crippen LogP contribution in [0.1, 0.15) is 31.9 Å². The number of carbonyl (C=O) groups excluding carboxylic acids is 2. The highest BCUT2D eigenvalue weighted by Crippen LogP contribution is 2.45. The highest BCUT2D eigenvalue weighted by atomic mass is 35.5. The van der Waals surface area contributed by atoms with E-state index in [1.54, 1.807) is 30.9 Å². The van der Waals surface area contributed by atoms with Crippen molar-refractivity contribution in [3.05, 3.63) is 57.2 Å². The SMILES string of the molecule is CCN(C)C(=O)CC1=CSC2=NC(C)=C(C(=O)N(C)C)C(c3ccc(Cl)cc3)N12. The summed E-state index contributed by atoms with van der Waals surface area (Å²) in [7, 11) is 5.25. The lowest BCUT2D eigenvalue weighted by Crippen LogP contribution is -2.40. The van der Waals surface area contributed by atoms with Gasteiger partial charge in [0.25, 0.3) is 5.91 Å². The summed E-state index contributed by atoms with van der Waals surface area (Å²) >= 11 is 7.58. The fourth-order valence-electron chi connectivity index (χ4n) is 3.31. The Kier molecular flexibility index (Phi) is 6.39. The smallest absolute Gasteiger partial charge is 0.253 e. The molecule has 1 unspecified atom stereocenters. The number of nitrogens with zero attached hydrogens (tertiary/aromatic N) is 4. The average molecular weight is 433 g/mol. The maximum absolute atomic E-state index is 13.1. The summed E-state index contributed by atoms with van der Waals surface area (Å²) < 4.78 is 0. The van der Waals surface area contributed by atoms with Crippen LogP contribution in [0.25, 0.3) is 0 Å². The number of likely N-dealkylation sites (N-methyl/N-ethyl adjacent to an activating group) is 1. The van der Waals surface area contributed by atoms with Crippen LogP contribution in [-0.2, 0) is 9.59 Å². The number of allylic oxidation sites excluding steroid dienone is 1. The molecule has 6 nitrogen and oxygen atoms in total. The van der Waals surface area contributed by atoms with Crippen molar-refractivity contribution in [2.75, 3.05) is 27.7 Å². The summed E-state index contributed by atoms with van der Waals surface area (Å²) in [6, 6.07) is 7.12. The predicted molar refractivity (Wildman–Crippen MR) is 118 cm³/mol. The van der Waals surface area contributed by atoms with Crippen LogP contribution in [0.3, 0.4) is 0 Å². The fourth-order valence-corrected chi connectivity index (χ4v) is 4.40. The van der Waals surface area contributed by atoms with Crippen LogP contribution < -0.4 is 0 Å². The summed E-state index contributed by atoms with van der Waals surface area (Å²) in [6.07, 6.45) is 0.253. The number of carbonyl (C=O) groups is 2. The number of hydrogen-bond acceptors (Lipinski definition) is 5. The Hall–Kier alpha value is -2.25. The Morgan fingerprint density at radius 3 is 2.45 bits per heavy atom. The molecule has 0 bridgehead atoms. The van der Waals surface area contributed by atoms with E-state index in [4.69, 9.17) is 11.6 Å². The lowest BCUT2D eigenvalue weighted by atomic mass is 9.93. The molecule has 2 heterocycles. The summed E-state index contributed by atoms with van der Waals surface area (Å²) in [5.74, 6) is -0.0688. The number of aliphatic imine (C=N–C) groups is 1. The Bertz CT molecular complexity index is 921. The largest absolute Gasteiger partial charge is 0.346 e. The molecule has 2 amide bonds. The molecular formula is C21H25ClN4O2S. The topological polar surface area (TPSA) is 56.2 Å². The molecule has 0 saturated heterocycles. The second-order valence-corrected chi connectivity index (χ2v) is 8.50. The number of thioether (sulfide) groups is 1. The maximum atomic E-state index is 13.1. The van der Waals surface area contributed by atoms with E-state index < -0.39 is 0 Å². The zero-order valence-corrected chi connectivity index (χ0v) is 18.8. The van der Waals surface area contributed by atoms with Gasteiger partial charge in [-0.2, -0.15) is 0 Å². The molecule has 0 radical (unpaired) electrons. The Labute approximate surface area is 180 Å². The van der Waals surface area contributed by atoms with Gasteiger partial charge in [-0.1, -0.05) is 35.5 Å². The van der Waals surface area contributed by atoms with E-state index in [9.17, 15) is 9.59 Å². The van der Waals surface area contributed by atoms with Crippen LogP contribution in [0.5, 0.6) is 0 Å². The van der Waals surface area contributed by atoms with Gasteiger partial charge in [0.15, 0.2) is 5.17 Å². The van der Waals surface area contributed by atoms with E-state index in [-0.39, 0.29) is 24.3 Å². The van der Waals surface area contributed by atoms with Crippen molar-refractivity contribution in [3.63, 3.8) is 0 Å². The van der Waals surface area contributed by atoms with Crippen LogP contribution in [0.4, 0.5) is 0 Å².